The monoisotopic (exact) mass is 207 g/mol. The first-order valence-corrected chi connectivity index (χ1v) is 4.51. The number of carbonyl (C=O) groups excluding carboxylic acids is 2. The van der Waals surface area contributed by atoms with E-state index in [1.165, 1.54) is 13.8 Å². The fourth-order valence-corrected chi connectivity index (χ4v) is 1.32. The van der Waals surface area contributed by atoms with Gasteiger partial charge in [-0.1, -0.05) is 0 Å². The van der Waals surface area contributed by atoms with Crippen molar-refractivity contribution < 1.29 is 14.3 Å². The van der Waals surface area contributed by atoms with Crippen LogP contribution in [0.15, 0.2) is 24.3 Å². The van der Waals surface area contributed by atoms with Crippen LogP contribution in [-0.4, -0.2) is 18.9 Å². The molecule has 0 saturated carbocycles. The van der Waals surface area contributed by atoms with Gasteiger partial charge < -0.3 is 4.74 Å². The maximum atomic E-state index is 11.2. The number of hydrogen-bond acceptors (Lipinski definition) is 3. The van der Waals surface area contributed by atoms with Crippen LogP contribution in [0, 0.1) is 0 Å². The number of ether oxygens (including phenoxy) is 1. The van der Waals surface area contributed by atoms with Crippen LogP contribution >= 0.6 is 0 Å². The van der Waals surface area contributed by atoms with Crippen molar-refractivity contribution in [3.63, 3.8) is 0 Å². The summed E-state index contributed by atoms with van der Waals surface area (Å²) in [7, 11) is 1.56. The summed E-state index contributed by atoms with van der Waals surface area (Å²) in [5.74, 6) is 0.0890. The Labute approximate surface area is 88.5 Å². The van der Waals surface area contributed by atoms with Crippen molar-refractivity contribution in [1.82, 2.24) is 0 Å². The lowest BCUT2D eigenvalue weighted by Crippen LogP contribution is -2.32. The highest BCUT2D eigenvalue weighted by atomic mass is 16.5. The molecule has 0 fully saturated rings. The van der Waals surface area contributed by atoms with Crippen LogP contribution in [0.1, 0.15) is 13.8 Å². The minimum Gasteiger partial charge on any atom is -0.497 e. The van der Waals surface area contributed by atoms with Gasteiger partial charge in [-0.2, -0.15) is 0 Å². The SMILES string of the molecule is COc1ccc(N(C(C)=O)C(C)=O)cc1. The van der Waals surface area contributed by atoms with Crippen molar-refractivity contribution in [2.45, 2.75) is 13.8 Å². The van der Waals surface area contributed by atoms with Crippen molar-refractivity contribution in [3.8, 4) is 5.75 Å². The summed E-state index contributed by atoms with van der Waals surface area (Å²) in [6.07, 6.45) is 0. The summed E-state index contributed by atoms with van der Waals surface area (Å²) in [5.41, 5.74) is 0.552. The lowest BCUT2D eigenvalue weighted by molar-refractivity contribution is -0.124. The second-order valence-electron chi connectivity index (χ2n) is 3.07. The molecule has 4 nitrogen and oxygen atoms in total. The smallest absolute Gasteiger partial charge is 0.230 e. The van der Waals surface area contributed by atoms with Gasteiger partial charge in [0.2, 0.25) is 11.8 Å². The number of methoxy groups -OCH3 is 1. The summed E-state index contributed by atoms with van der Waals surface area (Å²) >= 11 is 0. The molecule has 4 heteroatoms. The Hall–Kier alpha value is -1.84. The molecule has 0 aliphatic heterocycles. The standard InChI is InChI=1S/C11H13NO3/c1-8(13)12(9(2)14)10-4-6-11(15-3)7-5-10/h4-7H,1-3H3. The lowest BCUT2D eigenvalue weighted by atomic mass is 10.2. The quantitative estimate of drug-likeness (QED) is 0.739. The Balaban J connectivity index is 3.02. The molecule has 0 aliphatic rings. The molecular formula is C11H13NO3. The molecule has 0 spiro atoms. The van der Waals surface area contributed by atoms with Crippen LogP contribution in [0.2, 0.25) is 0 Å². The zero-order valence-electron chi connectivity index (χ0n) is 8.98. The van der Waals surface area contributed by atoms with E-state index in [2.05, 4.69) is 0 Å². The topological polar surface area (TPSA) is 46.6 Å². The third-order valence-corrected chi connectivity index (χ3v) is 1.96. The number of hydrogen-bond donors (Lipinski definition) is 0. The molecule has 0 atom stereocenters. The first kappa shape index (κ1) is 11.2. The summed E-state index contributed by atoms with van der Waals surface area (Å²) < 4.78 is 4.98. The van der Waals surface area contributed by atoms with Crippen LogP contribution in [0.5, 0.6) is 5.75 Å². The van der Waals surface area contributed by atoms with E-state index in [-0.39, 0.29) is 11.8 Å². The van der Waals surface area contributed by atoms with Crippen molar-refractivity contribution in [3.05, 3.63) is 24.3 Å². The van der Waals surface area contributed by atoms with Gasteiger partial charge in [-0.05, 0) is 24.3 Å². The first-order chi connectivity index (χ1) is 7.06. The predicted molar refractivity (Wildman–Crippen MR) is 56.8 cm³/mol. The minimum absolute atomic E-state index is 0.298. The van der Waals surface area contributed by atoms with E-state index in [0.29, 0.717) is 11.4 Å². The molecule has 0 radical (unpaired) electrons. The summed E-state index contributed by atoms with van der Waals surface area (Å²) in [6.45, 7) is 2.71. The fraction of sp³-hybridized carbons (Fsp3) is 0.273. The Morgan fingerprint density at radius 3 is 1.87 bits per heavy atom. The summed E-state index contributed by atoms with van der Waals surface area (Å²) in [5, 5.41) is 0. The molecule has 0 aliphatic carbocycles. The molecule has 15 heavy (non-hydrogen) atoms. The molecule has 0 unspecified atom stereocenters. The van der Waals surface area contributed by atoms with Gasteiger partial charge in [-0.3, -0.25) is 14.5 Å². The van der Waals surface area contributed by atoms with Crippen LogP contribution < -0.4 is 9.64 Å². The van der Waals surface area contributed by atoms with Gasteiger partial charge in [0.05, 0.1) is 12.8 Å². The highest BCUT2D eigenvalue weighted by molar-refractivity contribution is 6.13. The lowest BCUT2D eigenvalue weighted by Gasteiger charge is -2.17. The number of carbonyl (C=O) groups is 2. The van der Waals surface area contributed by atoms with E-state index in [4.69, 9.17) is 4.74 Å². The second-order valence-corrected chi connectivity index (χ2v) is 3.07. The molecular weight excluding hydrogens is 194 g/mol. The average Bonchev–Trinajstić information content (AvgIpc) is 2.18. The largest absolute Gasteiger partial charge is 0.497 e. The highest BCUT2D eigenvalue weighted by Gasteiger charge is 2.15. The van der Waals surface area contributed by atoms with Crippen molar-refractivity contribution in [2.24, 2.45) is 0 Å². The van der Waals surface area contributed by atoms with Crippen LogP contribution in [-0.2, 0) is 9.59 Å². The maximum Gasteiger partial charge on any atom is 0.230 e. The van der Waals surface area contributed by atoms with E-state index in [9.17, 15) is 9.59 Å². The Morgan fingerprint density at radius 1 is 1.07 bits per heavy atom. The second kappa shape index (κ2) is 4.59. The molecule has 0 heterocycles. The number of amides is 2. The van der Waals surface area contributed by atoms with E-state index in [0.717, 1.165) is 4.90 Å². The van der Waals surface area contributed by atoms with E-state index < -0.39 is 0 Å². The predicted octanol–water partition coefficient (Wildman–Crippen LogP) is 1.59. The van der Waals surface area contributed by atoms with Crippen LogP contribution in [0.25, 0.3) is 0 Å². The number of benzene rings is 1. The minimum atomic E-state index is -0.298. The molecule has 2 amide bonds. The molecule has 1 rings (SSSR count). The van der Waals surface area contributed by atoms with Crippen molar-refractivity contribution >= 4 is 17.5 Å². The van der Waals surface area contributed by atoms with Crippen LogP contribution in [0.4, 0.5) is 5.69 Å². The fourth-order valence-electron chi connectivity index (χ4n) is 1.32. The number of rotatable bonds is 2. The summed E-state index contributed by atoms with van der Waals surface area (Å²) in [4.78, 5) is 23.5. The average molecular weight is 207 g/mol. The Kier molecular flexibility index (Phi) is 3.44. The number of imide groups is 1. The van der Waals surface area contributed by atoms with E-state index >= 15 is 0 Å². The van der Waals surface area contributed by atoms with E-state index in [1.54, 1.807) is 31.4 Å². The van der Waals surface area contributed by atoms with Gasteiger partial charge in [0.25, 0.3) is 0 Å². The third-order valence-electron chi connectivity index (χ3n) is 1.96. The molecule has 1 aromatic rings. The highest BCUT2D eigenvalue weighted by Crippen LogP contribution is 2.19. The van der Waals surface area contributed by atoms with Crippen LogP contribution in [0.3, 0.4) is 0 Å². The maximum absolute atomic E-state index is 11.2. The molecule has 0 saturated heterocycles. The van der Waals surface area contributed by atoms with Crippen molar-refractivity contribution in [2.75, 3.05) is 12.0 Å². The normalized spacial score (nSPS) is 9.53. The molecule has 0 N–H and O–H groups in total. The Morgan fingerprint density at radius 2 is 1.53 bits per heavy atom. The molecule has 0 bridgehead atoms. The van der Waals surface area contributed by atoms with Gasteiger partial charge in [0.15, 0.2) is 0 Å². The van der Waals surface area contributed by atoms with Crippen molar-refractivity contribution in [1.29, 1.82) is 0 Å². The van der Waals surface area contributed by atoms with Gasteiger partial charge in [0.1, 0.15) is 5.75 Å². The third kappa shape index (κ3) is 2.56. The van der Waals surface area contributed by atoms with Gasteiger partial charge >= 0.3 is 0 Å². The Bertz CT molecular complexity index is 356. The summed E-state index contributed by atoms with van der Waals surface area (Å²) in [6, 6.07) is 6.74. The van der Waals surface area contributed by atoms with Gasteiger partial charge in [-0.15, -0.1) is 0 Å². The van der Waals surface area contributed by atoms with Gasteiger partial charge in [-0.25, -0.2) is 0 Å². The molecule has 80 valence electrons. The molecule has 0 aromatic heterocycles. The first-order valence-electron chi connectivity index (χ1n) is 4.51. The number of nitrogens with zero attached hydrogens (tertiary/aromatic N) is 1. The van der Waals surface area contributed by atoms with E-state index in [1.807, 2.05) is 0 Å². The van der Waals surface area contributed by atoms with Gasteiger partial charge in [0, 0.05) is 13.8 Å². The zero-order chi connectivity index (χ0) is 11.4. The zero-order valence-corrected chi connectivity index (χ0v) is 8.98. The molecule has 1 aromatic carbocycles. The number of anilines is 1.